The average Bonchev–Trinajstić information content (AvgIpc) is 3.63. The second-order valence-electron chi connectivity index (χ2n) is 10.1. The maximum absolute atomic E-state index is 6.82. The Morgan fingerprint density at radius 3 is 2.00 bits per heavy atom. The fraction of sp³-hybridized carbons (Fsp3) is 0.929. The summed E-state index contributed by atoms with van der Waals surface area (Å²) < 4.78 is 17.5. The van der Waals surface area contributed by atoms with Crippen molar-refractivity contribution in [1.29, 1.82) is 0 Å². The Morgan fingerprint density at radius 2 is 1.42 bits per heavy atom. The van der Waals surface area contributed by atoms with E-state index < -0.39 is 0 Å². The number of ether oxygens (including phenoxy) is 3. The summed E-state index contributed by atoms with van der Waals surface area (Å²) in [5.74, 6) is 0.777. The number of epoxide rings is 1. The molecule has 2 fully saturated rings. The minimum absolute atomic E-state index is 0.130. The number of hydrogen-bond donors (Lipinski definition) is 0. The van der Waals surface area contributed by atoms with Gasteiger partial charge in [0.1, 0.15) is 6.10 Å². The highest BCUT2D eigenvalue weighted by Gasteiger charge is 2.40. The molecule has 2 aliphatic rings. The fourth-order valence-corrected chi connectivity index (χ4v) is 5.45. The molecule has 0 aromatic carbocycles. The van der Waals surface area contributed by atoms with Gasteiger partial charge in [0.05, 0.1) is 31.7 Å². The van der Waals surface area contributed by atoms with Crippen LogP contribution < -0.4 is 0 Å². The van der Waals surface area contributed by atoms with Crippen molar-refractivity contribution in [2.75, 3.05) is 19.8 Å². The van der Waals surface area contributed by atoms with Crippen LogP contribution in [0.4, 0.5) is 0 Å². The van der Waals surface area contributed by atoms with Crippen molar-refractivity contribution in [2.24, 2.45) is 5.92 Å². The van der Waals surface area contributed by atoms with Crippen molar-refractivity contribution in [3.8, 4) is 0 Å². The van der Waals surface area contributed by atoms with Crippen LogP contribution in [0, 0.1) is 5.92 Å². The van der Waals surface area contributed by atoms with E-state index in [2.05, 4.69) is 13.5 Å². The monoisotopic (exact) mass is 436 g/mol. The van der Waals surface area contributed by atoms with E-state index in [9.17, 15) is 0 Å². The van der Waals surface area contributed by atoms with E-state index >= 15 is 0 Å². The van der Waals surface area contributed by atoms with Gasteiger partial charge in [-0.05, 0) is 38.0 Å². The molecule has 0 aromatic rings. The van der Waals surface area contributed by atoms with Gasteiger partial charge in [-0.15, -0.1) is 0 Å². The summed E-state index contributed by atoms with van der Waals surface area (Å²) in [7, 11) is 0. The highest BCUT2D eigenvalue weighted by atomic mass is 16.6. The first-order valence-electron chi connectivity index (χ1n) is 13.8. The molecule has 1 aliphatic heterocycles. The molecule has 182 valence electrons. The molecule has 0 aromatic heterocycles. The molecule has 2 atom stereocenters. The van der Waals surface area contributed by atoms with Crippen molar-refractivity contribution in [1.82, 2.24) is 0 Å². The molecule has 0 radical (unpaired) electrons. The fourth-order valence-electron chi connectivity index (χ4n) is 5.45. The Balaban J connectivity index is 1.73. The molecule has 3 nitrogen and oxygen atoms in total. The quantitative estimate of drug-likeness (QED) is 0.103. The van der Waals surface area contributed by atoms with Gasteiger partial charge in [-0.2, -0.15) is 0 Å². The SMILES string of the molecule is C=COCCCCCCCCCCC(CCCCCC)(OCC1CO1)C1CCCCC1. The Morgan fingerprint density at radius 1 is 0.839 bits per heavy atom. The van der Waals surface area contributed by atoms with Gasteiger partial charge in [0.15, 0.2) is 0 Å². The number of unbranched alkanes of at least 4 members (excludes halogenated alkanes) is 10. The zero-order chi connectivity index (χ0) is 22.0. The molecule has 0 spiro atoms. The minimum Gasteiger partial charge on any atom is -0.502 e. The van der Waals surface area contributed by atoms with E-state index in [-0.39, 0.29) is 5.60 Å². The van der Waals surface area contributed by atoms with Gasteiger partial charge >= 0.3 is 0 Å². The zero-order valence-electron chi connectivity index (χ0n) is 20.7. The highest BCUT2D eigenvalue weighted by molar-refractivity contribution is 4.91. The third kappa shape index (κ3) is 11.8. The molecular weight excluding hydrogens is 384 g/mol. The highest BCUT2D eigenvalue weighted by Crippen LogP contribution is 2.42. The molecule has 2 rings (SSSR count). The smallest absolute Gasteiger partial charge is 0.104 e. The van der Waals surface area contributed by atoms with Crippen molar-refractivity contribution < 1.29 is 14.2 Å². The van der Waals surface area contributed by atoms with Gasteiger partial charge in [-0.1, -0.05) is 103 Å². The molecule has 1 saturated heterocycles. The van der Waals surface area contributed by atoms with Crippen LogP contribution in [0.2, 0.25) is 0 Å². The molecule has 0 amide bonds. The molecule has 1 saturated carbocycles. The average molecular weight is 437 g/mol. The molecule has 0 bridgehead atoms. The summed E-state index contributed by atoms with van der Waals surface area (Å²) in [5.41, 5.74) is 0.130. The molecule has 3 heteroatoms. The summed E-state index contributed by atoms with van der Waals surface area (Å²) in [5, 5.41) is 0. The van der Waals surface area contributed by atoms with Gasteiger partial charge in [0.2, 0.25) is 0 Å². The first-order chi connectivity index (χ1) is 15.3. The third-order valence-electron chi connectivity index (χ3n) is 7.49. The Labute approximate surface area is 193 Å². The van der Waals surface area contributed by atoms with E-state index in [1.165, 1.54) is 116 Å². The molecule has 1 aliphatic carbocycles. The lowest BCUT2D eigenvalue weighted by atomic mass is 9.71. The largest absolute Gasteiger partial charge is 0.502 e. The van der Waals surface area contributed by atoms with Crippen LogP contribution >= 0.6 is 0 Å². The first-order valence-corrected chi connectivity index (χ1v) is 13.8. The summed E-state index contributed by atoms with van der Waals surface area (Å²) >= 11 is 0. The van der Waals surface area contributed by atoms with Crippen molar-refractivity contribution >= 4 is 0 Å². The normalized spacial score (nSPS) is 21.0. The van der Waals surface area contributed by atoms with E-state index in [1.807, 2.05) is 0 Å². The Hall–Kier alpha value is -0.540. The van der Waals surface area contributed by atoms with Crippen molar-refractivity contribution in [3.63, 3.8) is 0 Å². The summed E-state index contributed by atoms with van der Waals surface area (Å²) in [4.78, 5) is 0. The first kappa shape index (κ1) is 26.7. The van der Waals surface area contributed by atoms with E-state index in [4.69, 9.17) is 14.2 Å². The van der Waals surface area contributed by atoms with Crippen LogP contribution in [0.5, 0.6) is 0 Å². The van der Waals surface area contributed by atoms with Crippen LogP contribution in [0.3, 0.4) is 0 Å². The second kappa shape index (κ2) is 17.0. The standard InChI is InChI=1S/C28H52O3/c1-3-5-6-16-21-28(31-25-27-24-30-27,26-19-14-13-15-20-26)22-17-11-9-7-8-10-12-18-23-29-4-2/h4,26-27H,2-3,5-25H2,1H3. The van der Waals surface area contributed by atoms with Crippen LogP contribution in [0.25, 0.3) is 0 Å². The summed E-state index contributed by atoms with van der Waals surface area (Å²) in [6, 6.07) is 0. The predicted molar refractivity (Wildman–Crippen MR) is 131 cm³/mol. The van der Waals surface area contributed by atoms with Gasteiger partial charge < -0.3 is 14.2 Å². The van der Waals surface area contributed by atoms with Gasteiger partial charge in [-0.3, -0.25) is 0 Å². The van der Waals surface area contributed by atoms with Crippen LogP contribution in [-0.4, -0.2) is 31.5 Å². The van der Waals surface area contributed by atoms with E-state index in [0.29, 0.717) is 6.10 Å². The van der Waals surface area contributed by atoms with Crippen molar-refractivity contribution in [3.05, 3.63) is 12.8 Å². The second-order valence-corrected chi connectivity index (χ2v) is 10.1. The lowest BCUT2D eigenvalue weighted by Gasteiger charge is -2.43. The summed E-state index contributed by atoms with van der Waals surface area (Å²) in [6.45, 7) is 8.48. The lowest BCUT2D eigenvalue weighted by Crippen LogP contribution is -2.43. The molecule has 31 heavy (non-hydrogen) atoms. The number of hydrogen-bond acceptors (Lipinski definition) is 3. The van der Waals surface area contributed by atoms with Gasteiger partial charge in [0.25, 0.3) is 0 Å². The lowest BCUT2D eigenvalue weighted by molar-refractivity contribution is -0.114. The summed E-state index contributed by atoms with van der Waals surface area (Å²) in [6.07, 6.45) is 27.5. The van der Waals surface area contributed by atoms with Crippen LogP contribution in [0.1, 0.15) is 129 Å². The Kier molecular flexibility index (Phi) is 14.7. The maximum atomic E-state index is 6.82. The minimum atomic E-state index is 0.130. The Bertz CT molecular complexity index is 428. The predicted octanol–water partition coefficient (Wildman–Crippen LogP) is 8.36. The van der Waals surface area contributed by atoms with Crippen LogP contribution in [0.15, 0.2) is 12.8 Å². The maximum Gasteiger partial charge on any atom is 0.104 e. The van der Waals surface area contributed by atoms with Gasteiger partial charge in [0, 0.05) is 0 Å². The third-order valence-corrected chi connectivity index (χ3v) is 7.49. The van der Waals surface area contributed by atoms with E-state index in [1.54, 1.807) is 6.26 Å². The molecule has 2 unspecified atom stereocenters. The zero-order valence-corrected chi connectivity index (χ0v) is 20.7. The number of rotatable bonds is 21. The van der Waals surface area contributed by atoms with E-state index in [0.717, 1.165) is 32.2 Å². The topological polar surface area (TPSA) is 31.0 Å². The molecular formula is C28H52O3. The van der Waals surface area contributed by atoms with Crippen molar-refractivity contribution in [2.45, 2.75) is 141 Å². The van der Waals surface area contributed by atoms with Gasteiger partial charge in [-0.25, -0.2) is 0 Å². The van der Waals surface area contributed by atoms with Crippen LogP contribution in [-0.2, 0) is 14.2 Å². The molecule has 0 N–H and O–H groups in total. The molecule has 1 heterocycles.